The fourth-order valence-corrected chi connectivity index (χ4v) is 3.78. The molecule has 108 valence electrons. The van der Waals surface area contributed by atoms with E-state index in [1.165, 1.54) is 39.2 Å². The number of nitrogens with one attached hydrogen (secondary N) is 2. The van der Waals surface area contributed by atoms with Gasteiger partial charge in [0, 0.05) is 13.1 Å². The smallest absolute Gasteiger partial charge is 0.321 e. The number of carbonyl (C=O) groups is 2. The molecule has 5 heteroatoms. The topological polar surface area (TPSA) is 61.4 Å². The Morgan fingerprint density at radius 3 is 2.68 bits per heavy atom. The normalized spacial score (nSPS) is 31.4. The van der Waals surface area contributed by atoms with E-state index in [9.17, 15) is 9.59 Å². The number of hydrogen-bond acceptors (Lipinski definition) is 3. The van der Waals surface area contributed by atoms with Crippen molar-refractivity contribution in [2.75, 3.05) is 20.1 Å². The van der Waals surface area contributed by atoms with E-state index in [1.54, 1.807) is 0 Å². The van der Waals surface area contributed by atoms with Gasteiger partial charge in [-0.15, -0.1) is 0 Å². The van der Waals surface area contributed by atoms with Crippen LogP contribution in [0.3, 0.4) is 0 Å². The summed E-state index contributed by atoms with van der Waals surface area (Å²) in [6.45, 7) is 3.62. The highest BCUT2D eigenvalue weighted by molar-refractivity contribution is 5.95. The molecule has 0 bridgehead atoms. The van der Waals surface area contributed by atoms with Crippen LogP contribution < -0.4 is 10.6 Å². The van der Waals surface area contributed by atoms with Gasteiger partial charge in [-0.2, -0.15) is 0 Å². The molecule has 1 aliphatic carbocycles. The van der Waals surface area contributed by atoms with Crippen LogP contribution in [0.25, 0.3) is 0 Å². The Morgan fingerprint density at radius 1 is 1.21 bits per heavy atom. The van der Waals surface area contributed by atoms with Gasteiger partial charge in [0.05, 0.1) is 6.54 Å². The van der Waals surface area contributed by atoms with Crippen LogP contribution in [0, 0.1) is 11.8 Å². The summed E-state index contributed by atoms with van der Waals surface area (Å²) >= 11 is 0. The first kappa shape index (κ1) is 14.3. The van der Waals surface area contributed by atoms with Crippen LogP contribution in [0.5, 0.6) is 0 Å². The average Bonchev–Trinajstić information content (AvgIpc) is 2.38. The Morgan fingerprint density at radius 2 is 1.95 bits per heavy atom. The molecule has 2 rings (SSSR count). The molecule has 0 aromatic heterocycles. The summed E-state index contributed by atoms with van der Waals surface area (Å²) in [5.41, 5.74) is 0. The Hall–Kier alpha value is -1.10. The molecule has 3 atom stereocenters. The molecule has 1 saturated heterocycles. The van der Waals surface area contributed by atoms with Crippen LogP contribution in [-0.2, 0) is 4.79 Å². The average molecular weight is 267 g/mol. The summed E-state index contributed by atoms with van der Waals surface area (Å²) in [5.74, 6) is 1.20. The SMILES string of the molecule is CNC(=O)NC(=O)CN1CCC[C@@H]2CCC[C@@H](C)[C@@H]21. The second kappa shape index (κ2) is 6.37. The summed E-state index contributed by atoms with van der Waals surface area (Å²) in [4.78, 5) is 25.3. The molecule has 2 fully saturated rings. The fraction of sp³-hybridized carbons (Fsp3) is 0.857. The van der Waals surface area contributed by atoms with E-state index in [-0.39, 0.29) is 5.91 Å². The fourth-order valence-electron chi connectivity index (χ4n) is 3.78. The van der Waals surface area contributed by atoms with E-state index in [4.69, 9.17) is 0 Å². The first-order chi connectivity index (χ1) is 9.11. The molecular weight excluding hydrogens is 242 g/mol. The van der Waals surface area contributed by atoms with Gasteiger partial charge in [-0.25, -0.2) is 4.79 Å². The zero-order valence-electron chi connectivity index (χ0n) is 11.9. The minimum absolute atomic E-state index is 0.197. The quantitative estimate of drug-likeness (QED) is 0.794. The zero-order valence-corrected chi connectivity index (χ0v) is 11.9. The number of piperidine rings is 1. The molecule has 5 nitrogen and oxygen atoms in total. The Bertz CT molecular complexity index is 344. The maximum absolute atomic E-state index is 11.8. The lowest BCUT2D eigenvalue weighted by Gasteiger charge is -2.47. The number of hydrogen-bond donors (Lipinski definition) is 2. The molecule has 1 saturated carbocycles. The van der Waals surface area contributed by atoms with Crippen LogP contribution in [0.4, 0.5) is 4.79 Å². The third-order valence-electron chi connectivity index (χ3n) is 4.57. The first-order valence-corrected chi connectivity index (χ1v) is 7.37. The maximum atomic E-state index is 11.8. The van der Waals surface area contributed by atoms with Crippen molar-refractivity contribution < 1.29 is 9.59 Å². The van der Waals surface area contributed by atoms with Crippen molar-refractivity contribution in [3.8, 4) is 0 Å². The minimum atomic E-state index is -0.421. The molecule has 0 spiro atoms. The van der Waals surface area contributed by atoms with Gasteiger partial charge < -0.3 is 5.32 Å². The van der Waals surface area contributed by atoms with Crippen molar-refractivity contribution >= 4 is 11.9 Å². The van der Waals surface area contributed by atoms with Gasteiger partial charge in [-0.05, 0) is 44.1 Å². The molecule has 1 aliphatic heterocycles. The number of fused-ring (bicyclic) bond motifs is 1. The molecule has 0 aromatic rings. The van der Waals surface area contributed by atoms with Crippen molar-refractivity contribution in [3.63, 3.8) is 0 Å². The molecule has 0 radical (unpaired) electrons. The van der Waals surface area contributed by atoms with Crippen LogP contribution in [0.2, 0.25) is 0 Å². The van der Waals surface area contributed by atoms with Gasteiger partial charge in [-0.1, -0.05) is 13.3 Å². The van der Waals surface area contributed by atoms with Crippen molar-refractivity contribution in [1.29, 1.82) is 0 Å². The van der Waals surface area contributed by atoms with E-state index >= 15 is 0 Å². The molecule has 19 heavy (non-hydrogen) atoms. The van der Waals surface area contributed by atoms with E-state index in [0.29, 0.717) is 18.5 Å². The molecule has 0 unspecified atom stereocenters. The number of nitrogens with zero attached hydrogens (tertiary/aromatic N) is 1. The van der Waals surface area contributed by atoms with Crippen molar-refractivity contribution in [2.24, 2.45) is 11.8 Å². The number of likely N-dealkylation sites (tertiary alicyclic amines) is 1. The molecule has 0 aromatic carbocycles. The van der Waals surface area contributed by atoms with E-state index in [1.807, 2.05) is 0 Å². The van der Waals surface area contributed by atoms with Crippen LogP contribution >= 0.6 is 0 Å². The monoisotopic (exact) mass is 267 g/mol. The number of carbonyl (C=O) groups excluding carboxylic acids is 2. The molecule has 3 amide bonds. The summed E-state index contributed by atoms with van der Waals surface area (Å²) in [7, 11) is 1.52. The molecule has 2 aliphatic rings. The lowest BCUT2D eigenvalue weighted by atomic mass is 9.73. The van der Waals surface area contributed by atoms with Crippen LogP contribution in [-0.4, -0.2) is 43.0 Å². The first-order valence-electron chi connectivity index (χ1n) is 7.37. The van der Waals surface area contributed by atoms with E-state index in [2.05, 4.69) is 22.5 Å². The summed E-state index contributed by atoms with van der Waals surface area (Å²) in [6.07, 6.45) is 6.33. The second-order valence-electron chi connectivity index (χ2n) is 5.90. The largest absolute Gasteiger partial charge is 0.341 e. The third kappa shape index (κ3) is 3.47. The molecular formula is C14H25N3O2. The predicted molar refractivity (Wildman–Crippen MR) is 73.7 cm³/mol. The van der Waals surface area contributed by atoms with Crippen LogP contribution in [0.15, 0.2) is 0 Å². The van der Waals surface area contributed by atoms with Gasteiger partial charge in [0.25, 0.3) is 0 Å². The Balaban J connectivity index is 1.94. The maximum Gasteiger partial charge on any atom is 0.321 e. The standard InChI is InChI=1S/C14H25N3O2/c1-10-5-3-6-11-7-4-8-17(13(10)11)9-12(18)16-14(19)15-2/h10-11,13H,3-9H2,1-2H3,(H2,15,16,18,19)/t10-,11+,13+/m1/s1. The third-order valence-corrected chi connectivity index (χ3v) is 4.57. The van der Waals surface area contributed by atoms with Gasteiger partial charge in [0.15, 0.2) is 0 Å². The van der Waals surface area contributed by atoms with Crippen molar-refractivity contribution in [3.05, 3.63) is 0 Å². The van der Waals surface area contributed by atoms with Crippen LogP contribution in [0.1, 0.15) is 39.0 Å². The second-order valence-corrected chi connectivity index (χ2v) is 5.90. The van der Waals surface area contributed by atoms with Crippen molar-refractivity contribution in [1.82, 2.24) is 15.5 Å². The summed E-state index contributed by atoms with van der Waals surface area (Å²) < 4.78 is 0. The number of urea groups is 1. The van der Waals surface area contributed by atoms with Gasteiger partial charge in [-0.3, -0.25) is 15.0 Å². The van der Waals surface area contributed by atoms with Crippen molar-refractivity contribution in [2.45, 2.75) is 45.1 Å². The van der Waals surface area contributed by atoms with E-state index < -0.39 is 6.03 Å². The minimum Gasteiger partial charge on any atom is -0.341 e. The predicted octanol–water partition coefficient (Wildman–Crippen LogP) is 1.34. The van der Waals surface area contributed by atoms with Gasteiger partial charge >= 0.3 is 6.03 Å². The highest BCUT2D eigenvalue weighted by atomic mass is 16.2. The highest BCUT2D eigenvalue weighted by Crippen LogP contribution is 2.38. The van der Waals surface area contributed by atoms with Gasteiger partial charge in [0.1, 0.15) is 0 Å². The van der Waals surface area contributed by atoms with E-state index in [0.717, 1.165) is 12.5 Å². The highest BCUT2D eigenvalue weighted by Gasteiger charge is 2.38. The zero-order chi connectivity index (χ0) is 13.8. The van der Waals surface area contributed by atoms with Gasteiger partial charge in [0.2, 0.25) is 5.91 Å². The lowest BCUT2D eigenvalue weighted by Crippen LogP contribution is -2.54. The Kier molecular flexibility index (Phi) is 4.80. The molecule has 1 heterocycles. The number of amides is 3. The number of rotatable bonds is 2. The lowest BCUT2D eigenvalue weighted by molar-refractivity contribution is -0.123. The summed E-state index contributed by atoms with van der Waals surface area (Å²) in [5, 5.41) is 4.77. The summed E-state index contributed by atoms with van der Waals surface area (Å²) in [6, 6.07) is 0.105. The Labute approximate surface area is 115 Å². The number of imide groups is 1. The molecule has 2 N–H and O–H groups in total.